The monoisotopic (exact) mass is 719 g/mol. The average Bonchev–Trinajstić information content (AvgIpc) is 3.09. The van der Waals surface area contributed by atoms with E-state index in [1.54, 1.807) is 61.1 Å². The Labute approximate surface area is 310 Å². The van der Waals surface area contributed by atoms with Crippen molar-refractivity contribution >= 4 is 23.9 Å². The molecule has 0 saturated heterocycles. The van der Waals surface area contributed by atoms with E-state index in [4.69, 9.17) is 10.6 Å². The van der Waals surface area contributed by atoms with E-state index in [1.165, 1.54) is 67.0 Å². The summed E-state index contributed by atoms with van der Waals surface area (Å²) in [4.78, 5) is 19.8. The molecular weight excluding hydrogens is 668 g/mol. The number of nitrogens with zero attached hydrogens (tertiary/aromatic N) is 2. The van der Waals surface area contributed by atoms with Crippen LogP contribution in [0.2, 0.25) is 0 Å². The number of benzene rings is 4. The summed E-state index contributed by atoms with van der Waals surface area (Å²) in [7, 11) is 0. The molecule has 0 aliphatic carbocycles. The molecule has 0 saturated carbocycles. The van der Waals surface area contributed by atoms with Crippen molar-refractivity contribution in [1.82, 2.24) is 0 Å². The van der Waals surface area contributed by atoms with Gasteiger partial charge < -0.3 is 20.2 Å². The summed E-state index contributed by atoms with van der Waals surface area (Å²) in [6.07, 6.45) is 6.92. The Balaban J connectivity index is 0.000000548. The van der Waals surface area contributed by atoms with Gasteiger partial charge in [0.15, 0.2) is 0 Å². The van der Waals surface area contributed by atoms with Gasteiger partial charge in [-0.05, 0) is 116 Å². The van der Waals surface area contributed by atoms with E-state index in [0.29, 0.717) is 11.1 Å². The van der Waals surface area contributed by atoms with Gasteiger partial charge >= 0.3 is 26.2 Å². The van der Waals surface area contributed by atoms with Gasteiger partial charge in [-0.15, -0.1) is 35.6 Å². The second-order valence-corrected chi connectivity index (χ2v) is 13.1. The van der Waals surface area contributed by atoms with E-state index >= 15 is 0 Å². The number of hydrogen-bond donors (Lipinski definition) is 0. The van der Waals surface area contributed by atoms with Gasteiger partial charge in [-0.25, -0.2) is 0 Å². The molecule has 0 aliphatic heterocycles. The summed E-state index contributed by atoms with van der Waals surface area (Å²) in [5.74, 6) is 0. The van der Waals surface area contributed by atoms with Crippen molar-refractivity contribution in [3.63, 3.8) is 0 Å². The normalized spacial score (nSPS) is 10.3. The van der Waals surface area contributed by atoms with Crippen LogP contribution in [0.3, 0.4) is 0 Å². The molecule has 0 unspecified atom stereocenters. The Morgan fingerprint density at radius 3 is 1.15 bits per heavy atom. The van der Waals surface area contributed by atoms with Crippen LogP contribution in [0.1, 0.15) is 87.0 Å². The van der Waals surface area contributed by atoms with Gasteiger partial charge in [0.2, 0.25) is 0 Å². The first-order chi connectivity index (χ1) is 22.2. The SMILES string of the molecule is Cc1c(C)c(C)c([N-]CC[CH+]C(C)(C)C[N-]c2c(C)c(C)c(C)c(C)c2C)c(C)c1C.O=[C-]c1ccccc1.O=[C-]c1ccccc1.[Zr+3]. The standard InChI is InChI=1S/C29H43N2.2C7H5O.Zr/c1-17-19(3)23(7)27(24(8)20(17)4)30-15-13-14-29(11,12)16-31-28-25(9)21(5)18(2)22(6)26(28)10;2*8-6-7-4-2-1-3-5-7;/h14H,13,15-16H2,1-12H3;2*1-5H;/q3*-1;+3. The minimum Gasteiger partial charge on any atom is -0.681 e. The van der Waals surface area contributed by atoms with Crippen LogP contribution in [0.15, 0.2) is 60.7 Å². The second kappa shape index (κ2) is 20.2. The molecule has 0 N–H and O–H groups in total. The molecule has 4 aromatic rings. The third-order valence-corrected chi connectivity index (χ3v) is 9.44. The maximum atomic E-state index is 9.88. The van der Waals surface area contributed by atoms with Crippen LogP contribution in [0.25, 0.3) is 10.6 Å². The van der Waals surface area contributed by atoms with Gasteiger partial charge in [-0.2, -0.15) is 35.4 Å². The van der Waals surface area contributed by atoms with Crippen LogP contribution in [-0.4, -0.2) is 25.7 Å². The molecule has 0 fully saturated rings. The molecule has 0 atom stereocenters. The Morgan fingerprint density at radius 1 is 0.521 bits per heavy atom. The summed E-state index contributed by atoms with van der Waals surface area (Å²) in [6.45, 7) is 28.3. The van der Waals surface area contributed by atoms with E-state index in [-0.39, 0.29) is 31.6 Å². The quantitative estimate of drug-likeness (QED) is 0.121. The minimum absolute atomic E-state index is 0. The fraction of sp³-hybridized carbons (Fsp3) is 0.372. The fourth-order valence-electron chi connectivity index (χ4n) is 5.43. The zero-order valence-corrected chi connectivity index (χ0v) is 33.6. The molecule has 0 aromatic heterocycles. The van der Waals surface area contributed by atoms with Gasteiger partial charge in [0.05, 0.1) is 30.8 Å². The van der Waals surface area contributed by atoms with Crippen LogP contribution in [-0.2, 0) is 35.8 Å². The Kier molecular flexibility index (Phi) is 17.9. The summed E-state index contributed by atoms with van der Waals surface area (Å²) in [6, 6.07) is 17.8. The first kappa shape index (κ1) is 42.6. The summed E-state index contributed by atoms with van der Waals surface area (Å²) < 4.78 is 0. The van der Waals surface area contributed by atoms with E-state index in [2.05, 4.69) is 89.5 Å². The van der Waals surface area contributed by atoms with E-state index < -0.39 is 0 Å². The number of hydrogen-bond acceptors (Lipinski definition) is 2. The maximum absolute atomic E-state index is 9.88. The van der Waals surface area contributed by atoms with Crippen LogP contribution < -0.4 is 0 Å². The molecule has 0 bridgehead atoms. The first-order valence-corrected chi connectivity index (χ1v) is 16.4. The second-order valence-electron chi connectivity index (χ2n) is 13.1. The molecule has 0 heterocycles. The van der Waals surface area contributed by atoms with Gasteiger partial charge in [0.1, 0.15) is 0 Å². The van der Waals surface area contributed by atoms with E-state index in [1.807, 2.05) is 12.1 Å². The van der Waals surface area contributed by atoms with E-state index in [9.17, 15) is 9.59 Å². The molecule has 4 rings (SSSR count). The predicted octanol–water partition coefficient (Wildman–Crippen LogP) is 11.4. The Bertz CT molecular complexity index is 1530. The fourth-order valence-corrected chi connectivity index (χ4v) is 5.43. The van der Waals surface area contributed by atoms with Crippen molar-refractivity contribution in [2.45, 2.75) is 89.5 Å². The largest absolute Gasteiger partial charge is 3.00 e. The van der Waals surface area contributed by atoms with Crippen molar-refractivity contribution in [1.29, 1.82) is 0 Å². The molecule has 1 radical (unpaired) electrons. The minimum atomic E-state index is 0. The third kappa shape index (κ3) is 11.9. The Hall–Kier alpha value is -3.43. The molecule has 251 valence electrons. The van der Waals surface area contributed by atoms with Gasteiger partial charge in [0, 0.05) is 0 Å². The summed E-state index contributed by atoms with van der Waals surface area (Å²) in [5, 5.41) is 10.1. The molecular formula is C43H53N2O2Zr. The number of carbonyl (C=O) groups excluding carboxylic acids is 2. The summed E-state index contributed by atoms with van der Waals surface area (Å²) in [5.41, 5.74) is 17.2. The van der Waals surface area contributed by atoms with Gasteiger partial charge in [-0.1, -0.05) is 47.5 Å². The average molecular weight is 721 g/mol. The van der Waals surface area contributed by atoms with Crippen molar-refractivity contribution in [3.05, 3.63) is 144 Å². The third-order valence-electron chi connectivity index (χ3n) is 9.44. The molecule has 4 aromatic carbocycles. The summed E-state index contributed by atoms with van der Waals surface area (Å²) >= 11 is 0. The van der Waals surface area contributed by atoms with Crippen LogP contribution >= 0.6 is 0 Å². The molecule has 4 nitrogen and oxygen atoms in total. The molecule has 5 heteroatoms. The predicted molar refractivity (Wildman–Crippen MR) is 201 cm³/mol. The van der Waals surface area contributed by atoms with Crippen molar-refractivity contribution in [3.8, 4) is 0 Å². The van der Waals surface area contributed by atoms with Crippen molar-refractivity contribution in [2.24, 2.45) is 5.41 Å². The molecule has 0 amide bonds. The van der Waals surface area contributed by atoms with Crippen molar-refractivity contribution in [2.75, 3.05) is 13.1 Å². The van der Waals surface area contributed by atoms with E-state index in [0.717, 1.165) is 19.5 Å². The molecule has 48 heavy (non-hydrogen) atoms. The zero-order valence-electron chi connectivity index (χ0n) is 31.2. The first-order valence-electron chi connectivity index (χ1n) is 16.4. The molecule has 0 spiro atoms. The molecule has 0 aliphatic rings. The van der Waals surface area contributed by atoms with Gasteiger partial charge in [-0.3, -0.25) is 0 Å². The topological polar surface area (TPSA) is 62.3 Å². The number of rotatable bonds is 10. The van der Waals surface area contributed by atoms with Crippen LogP contribution in [0.4, 0.5) is 11.4 Å². The van der Waals surface area contributed by atoms with Crippen LogP contribution in [0, 0.1) is 81.1 Å². The van der Waals surface area contributed by atoms with Crippen LogP contribution in [0.5, 0.6) is 0 Å². The smallest absolute Gasteiger partial charge is 0.681 e. The van der Waals surface area contributed by atoms with Gasteiger partial charge in [0.25, 0.3) is 0 Å². The Morgan fingerprint density at radius 2 is 0.833 bits per heavy atom. The zero-order chi connectivity index (χ0) is 35.3. The van der Waals surface area contributed by atoms with Crippen molar-refractivity contribution < 1.29 is 35.8 Å². The maximum Gasteiger partial charge on any atom is 3.00 e.